The second-order valence-electron chi connectivity index (χ2n) is 5.26. The van der Waals surface area contributed by atoms with Gasteiger partial charge in [-0.15, -0.1) is 0 Å². The molecule has 1 aliphatic heterocycles. The van der Waals surface area contributed by atoms with Crippen molar-refractivity contribution in [2.24, 2.45) is 0 Å². The topological polar surface area (TPSA) is 47.4 Å². The summed E-state index contributed by atoms with van der Waals surface area (Å²) in [7, 11) is 0. The van der Waals surface area contributed by atoms with E-state index >= 15 is 0 Å². The molecule has 2 heterocycles. The number of hydrogen-bond donors (Lipinski definition) is 0. The summed E-state index contributed by atoms with van der Waals surface area (Å²) < 4.78 is 7.13. The molecule has 0 saturated carbocycles. The van der Waals surface area contributed by atoms with Gasteiger partial charge in [-0.3, -0.25) is 14.3 Å². The SMILES string of the molecule is CCn1c(SCCN2CCOCC2)nc2ccccc2c1=O. The lowest BCUT2D eigenvalue weighted by atomic mass is 10.2. The van der Waals surface area contributed by atoms with Crippen molar-refractivity contribution >= 4 is 22.7 Å². The molecule has 0 spiro atoms. The third-order valence-corrected chi connectivity index (χ3v) is 4.84. The molecule has 0 amide bonds. The monoisotopic (exact) mass is 319 g/mol. The minimum Gasteiger partial charge on any atom is -0.379 e. The first-order valence-electron chi connectivity index (χ1n) is 7.72. The van der Waals surface area contributed by atoms with Gasteiger partial charge in [0, 0.05) is 31.9 Å². The highest BCUT2D eigenvalue weighted by atomic mass is 32.2. The third-order valence-electron chi connectivity index (χ3n) is 3.89. The van der Waals surface area contributed by atoms with Crippen LogP contribution in [-0.2, 0) is 11.3 Å². The van der Waals surface area contributed by atoms with E-state index in [9.17, 15) is 4.79 Å². The zero-order valence-corrected chi connectivity index (χ0v) is 13.6. The van der Waals surface area contributed by atoms with Gasteiger partial charge in [-0.2, -0.15) is 0 Å². The van der Waals surface area contributed by atoms with Crippen molar-refractivity contribution in [2.75, 3.05) is 38.6 Å². The first-order valence-corrected chi connectivity index (χ1v) is 8.70. The molecule has 6 heteroatoms. The van der Waals surface area contributed by atoms with E-state index in [4.69, 9.17) is 4.74 Å². The van der Waals surface area contributed by atoms with Gasteiger partial charge in [-0.1, -0.05) is 23.9 Å². The number of para-hydroxylation sites is 1. The van der Waals surface area contributed by atoms with E-state index < -0.39 is 0 Å². The Labute approximate surface area is 134 Å². The molecule has 1 aliphatic rings. The number of rotatable bonds is 5. The van der Waals surface area contributed by atoms with Gasteiger partial charge >= 0.3 is 0 Å². The van der Waals surface area contributed by atoms with E-state index in [-0.39, 0.29) is 5.56 Å². The number of aromatic nitrogens is 2. The predicted octanol–water partition coefficient (Wildman–Crippen LogP) is 1.84. The van der Waals surface area contributed by atoms with Crippen molar-refractivity contribution in [3.05, 3.63) is 34.6 Å². The number of benzene rings is 1. The van der Waals surface area contributed by atoms with Gasteiger partial charge < -0.3 is 4.74 Å². The van der Waals surface area contributed by atoms with Crippen LogP contribution in [0.3, 0.4) is 0 Å². The molecule has 0 bridgehead atoms. The van der Waals surface area contributed by atoms with Crippen LogP contribution in [0.2, 0.25) is 0 Å². The summed E-state index contributed by atoms with van der Waals surface area (Å²) in [6.07, 6.45) is 0. The summed E-state index contributed by atoms with van der Waals surface area (Å²) in [5.74, 6) is 0.935. The summed E-state index contributed by atoms with van der Waals surface area (Å²) in [6, 6.07) is 7.56. The van der Waals surface area contributed by atoms with E-state index in [1.165, 1.54) is 0 Å². The van der Waals surface area contributed by atoms with Gasteiger partial charge in [-0.05, 0) is 19.1 Å². The largest absolute Gasteiger partial charge is 0.379 e. The lowest BCUT2D eigenvalue weighted by molar-refractivity contribution is 0.0410. The molecule has 0 radical (unpaired) electrons. The summed E-state index contributed by atoms with van der Waals surface area (Å²) in [5, 5.41) is 1.52. The van der Waals surface area contributed by atoms with E-state index in [0.717, 1.165) is 49.3 Å². The minimum absolute atomic E-state index is 0.0574. The molecule has 0 atom stereocenters. The Kier molecular flexibility index (Phi) is 5.12. The van der Waals surface area contributed by atoms with E-state index in [0.29, 0.717) is 11.9 Å². The fourth-order valence-corrected chi connectivity index (χ4v) is 3.69. The zero-order valence-electron chi connectivity index (χ0n) is 12.8. The standard InChI is InChI=1S/C16H21N3O2S/c1-2-19-15(20)13-5-3-4-6-14(13)17-16(19)22-12-9-18-7-10-21-11-8-18/h3-6H,2,7-12H2,1H3. The molecular weight excluding hydrogens is 298 g/mol. The highest BCUT2D eigenvalue weighted by molar-refractivity contribution is 7.99. The number of fused-ring (bicyclic) bond motifs is 1. The van der Waals surface area contributed by atoms with Gasteiger partial charge in [0.05, 0.1) is 24.1 Å². The molecule has 22 heavy (non-hydrogen) atoms. The first kappa shape index (κ1) is 15.5. The van der Waals surface area contributed by atoms with Crippen LogP contribution < -0.4 is 5.56 Å². The highest BCUT2D eigenvalue weighted by Crippen LogP contribution is 2.18. The van der Waals surface area contributed by atoms with Gasteiger partial charge in [0.25, 0.3) is 5.56 Å². The molecule has 1 saturated heterocycles. The Morgan fingerprint density at radius 1 is 1.27 bits per heavy atom. The van der Waals surface area contributed by atoms with Crippen molar-refractivity contribution in [1.82, 2.24) is 14.5 Å². The Morgan fingerprint density at radius 2 is 2.05 bits per heavy atom. The average Bonchev–Trinajstić information content (AvgIpc) is 2.56. The maximum Gasteiger partial charge on any atom is 0.262 e. The van der Waals surface area contributed by atoms with Crippen LogP contribution in [0.15, 0.2) is 34.2 Å². The van der Waals surface area contributed by atoms with Crippen LogP contribution in [0.4, 0.5) is 0 Å². The summed E-state index contributed by atoms with van der Waals surface area (Å²) >= 11 is 1.66. The minimum atomic E-state index is 0.0574. The quantitative estimate of drug-likeness (QED) is 0.622. The van der Waals surface area contributed by atoms with E-state index in [1.54, 1.807) is 16.3 Å². The maximum atomic E-state index is 12.5. The van der Waals surface area contributed by atoms with Gasteiger partial charge in [0.15, 0.2) is 5.16 Å². The number of hydrogen-bond acceptors (Lipinski definition) is 5. The fraction of sp³-hybridized carbons (Fsp3) is 0.500. The molecular formula is C16H21N3O2S. The van der Waals surface area contributed by atoms with Crippen LogP contribution in [0, 0.1) is 0 Å². The average molecular weight is 319 g/mol. The molecule has 0 N–H and O–H groups in total. The fourth-order valence-electron chi connectivity index (χ4n) is 2.63. The molecule has 3 rings (SSSR count). The van der Waals surface area contributed by atoms with Crippen molar-refractivity contribution in [3.8, 4) is 0 Å². The first-order chi connectivity index (χ1) is 10.8. The number of morpholine rings is 1. The normalized spacial score (nSPS) is 16.2. The lowest BCUT2D eigenvalue weighted by Gasteiger charge is -2.26. The number of ether oxygens (including phenoxy) is 1. The molecule has 1 aromatic carbocycles. The Hall–Kier alpha value is -1.37. The Morgan fingerprint density at radius 3 is 2.82 bits per heavy atom. The predicted molar refractivity (Wildman–Crippen MR) is 89.7 cm³/mol. The summed E-state index contributed by atoms with van der Waals surface area (Å²) in [6.45, 7) is 7.26. The van der Waals surface area contributed by atoms with Crippen LogP contribution in [0.1, 0.15) is 6.92 Å². The van der Waals surface area contributed by atoms with E-state index in [2.05, 4.69) is 9.88 Å². The molecule has 1 fully saturated rings. The summed E-state index contributed by atoms with van der Waals surface area (Å²) in [4.78, 5) is 19.6. The molecule has 1 aromatic heterocycles. The van der Waals surface area contributed by atoms with Gasteiger partial charge in [0.2, 0.25) is 0 Å². The molecule has 0 aliphatic carbocycles. The summed E-state index contributed by atoms with van der Waals surface area (Å²) in [5.41, 5.74) is 0.841. The van der Waals surface area contributed by atoms with Crippen molar-refractivity contribution in [3.63, 3.8) is 0 Å². The lowest BCUT2D eigenvalue weighted by Crippen LogP contribution is -2.37. The second-order valence-corrected chi connectivity index (χ2v) is 6.33. The molecule has 118 valence electrons. The van der Waals surface area contributed by atoms with Crippen molar-refractivity contribution in [1.29, 1.82) is 0 Å². The number of thioether (sulfide) groups is 1. The van der Waals surface area contributed by atoms with Crippen LogP contribution in [0.5, 0.6) is 0 Å². The molecule has 2 aromatic rings. The van der Waals surface area contributed by atoms with E-state index in [1.807, 2.05) is 31.2 Å². The highest BCUT2D eigenvalue weighted by Gasteiger charge is 2.12. The molecule has 0 unspecified atom stereocenters. The van der Waals surface area contributed by atoms with Crippen LogP contribution in [0.25, 0.3) is 10.9 Å². The second kappa shape index (κ2) is 7.26. The van der Waals surface area contributed by atoms with Crippen molar-refractivity contribution < 1.29 is 4.74 Å². The Bertz CT molecular complexity index is 695. The zero-order chi connectivity index (χ0) is 15.4. The number of nitrogens with zero attached hydrogens (tertiary/aromatic N) is 3. The van der Waals surface area contributed by atoms with Gasteiger partial charge in [0.1, 0.15) is 0 Å². The molecule has 5 nitrogen and oxygen atoms in total. The maximum absolute atomic E-state index is 12.5. The van der Waals surface area contributed by atoms with Crippen molar-refractivity contribution in [2.45, 2.75) is 18.6 Å². The van der Waals surface area contributed by atoms with Crippen LogP contribution in [-0.4, -0.2) is 53.1 Å². The Balaban J connectivity index is 1.76. The van der Waals surface area contributed by atoms with Crippen LogP contribution >= 0.6 is 11.8 Å². The van der Waals surface area contributed by atoms with Gasteiger partial charge in [-0.25, -0.2) is 4.98 Å². The smallest absolute Gasteiger partial charge is 0.262 e. The third kappa shape index (κ3) is 3.34.